The third kappa shape index (κ3) is 3.54. The van der Waals surface area contributed by atoms with E-state index in [1.54, 1.807) is 0 Å². The van der Waals surface area contributed by atoms with Gasteiger partial charge in [-0.2, -0.15) is 5.10 Å². The molecule has 1 saturated heterocycles. The fourth-order valence-electron chi connectivity index (χ4n) is 2.27. The number of nitrogens with one attached hydrogen (secondary N) is 1. The summed E-state index contributed by atoms with van der Waals surface area (Å²) in [5.74, 6) is 0. The van der Waals surface area contributed by atoms with E-state index in [9.17, 15) is 0 Å². The highest BCUT2D eigenvalue weighted by Gasteiger charge is 2.28. The van der Waals surface area contributed by atoms with Gasteiger partial charge in [-0.25, -0.2) is 0 Å². The van der Waals surface area contributed by atoms with E-state index in [4.69, 9.17) is 0 Å². The van der Waals surface area contributed by atoms with E-state index in [-0.39, 0.29) is 0 Å². The van der Waals surface area contributed by atoms with Crippen molar-refractivity contribution in [1.82, 2.24) is 20.0 Å². The Morgan fingerprint density at radius 3 is 2.82 bits per heavy atom. The maximum atomic E-state index is 4.24. The van der Waals surface area contributed by atoms with Crippen LogP contribution in [0.1, 0.15) is 20.8 Å². The molecular weight excluding hydrogens is 212 g/mol. The quantitative estimate of drug-likeness (QED) is 0.856. The first-order valence-corrected chi connectivity index (χ1v) is 6.49. The van der Waals surface area contributed by atoms with E-state index in [2.05, 4.69) is 36.1 Å². The second kappa shape index (κ2) is 5.19. The van der Waals surface area contributed by atoms with Crippen LogP contribution in [0, 0.1) is 5.41 Å². The van der Waals surface area contributed by atoms with E-state index in [0.717, 1.165) is 32.7 Å². The van der Waals surface area contributed by atoms with Gasteiger partial charge >= 0.3 is 0 Å². The molecule has 0 aliphatic carbocycles. The molecule has 96 valence electrons. The summed E-state index contributed by atoms with van der Waals surface area (Å²) in [5, 5.41) is 7.86. The van der Waals surface area contributed by atoms with Gasteiger partial charge in [0.05, 0.1) is 6.54 Å². The van der Waals surface area contributed by atoms with Crippen molar-refractivity contribution in [3.05, 3.63) is 18.5 Å². The summed E-state index contributed by atoms with van der Waals surface area (Å²) in [4.78, 5) is 2.54. The Morgan fingerprint density at radius 2 is 2.18 bits per heavy atom. The third-order valence-corrected chi connectivity index (χ3v) is 3.51. The predicted molar refractivity (Wildman–Crippen MR) is 69.9 cm³/mol. The van der Waals surface area contributed by atoms with Crippen molar-refractivity contribution in [3.63, 3.8) is 0 Å². The van der Waals surface area contributed by atoms with Crippen molar-refractivity contribution in [1.29, 1.82) is 0 Å². The molecule has 0 bridgehead atoms. The molecule has 17 heavy (non-hydrogen) atoms. The van der Waals surface area contributed by atoms with Crippen molar-refractivity contribution in [2.75, 3.05) is 26.2 Å². The Bertz CT molecular complexity index is 326. The van der Waals surface area contributed by atoms with Gasteiger partial charge < -0.3 is 5.32 Å². The lowest BCUT2D eigenvalue weighted by molar-refractivity contribution is 0.130. The van der Waals surface area contributed by atoms with Crippen LogP contribution in [0.25, 0.3) is 0 Å². The van der Waals surface area contributed by atoms with Crippen molar-refractivity contribution in [2.24, 2.45) is 5.41 Å². The molecule has 1 fully saturated rings. The molecule has 1 aliphatic heterocycles. The Balaban J connectivity index is 1.81. The first kappa shape index (κ1) is 12.6. The third-order valence-electron chi connectivity index (χ3n) is 3.51. The topological polar surface area (TPSA) is 33.1 Å². The summed E-state index contributed by atoms with van der Waals surface area (Å²) in [5.41, 5.74) is 0.338. The van der Waals surface area contributed by atoms with Gasteiger partial charge in [0.25, 0.3) is 0 Å². The average Bonchev–Trinajstić information content (AvgIpc) is 2.78. The monoisotopic (exact) mass is 236 g/mol. The Morgan fingerprint density at radius 1 is 1.35 bits per heavy atom. The minimum absolute atomic E-state index is 0.338. The van der Waals surface area contributed by atoms with Gasteiger partial charge in [-0.3, -0.25) is 9.58 Å². The summed E-state index contributed by atoms with van der Waals surface area (Å²) < 4.78 is 2.01. The van der Waals surface area contributed by atoms with E-state index in [1.807, 2.05) is 23.1 Å². The van der Waals surface area contributed by atoms with E-state index >= 15 is 0 Å². The van der Waals surface area contributed by atoms with E-state index in [0.29, 0.717) is 11.5 Å². The number of piperazine rings is 1. The van der Waals surface area contributed by atoms with Crippen LogP contribution in [-0.2, 0) is 6.54 Å². The number of aromatic nitrogens is 2. The fourth-order valence-corrected chi connectivity index (χ4v) is 2.27. The highest BCUT2D eigenvalue weighted by Crippen LogP contribution is 2.21. The molecular formula is C13H24N4. The Kier molecular flexibility index (Phi) is 3.84. The summed E-state index contributed by atoms with van der Waals surface area (Å²) in [6.45, 7) is 12.4. The molecule has 0 aromatic carbocycles. The largest absolute Gasteiger partial charge is 0.311 e. The van der Waals surface area contributed by atoms with Crippen LogP contribution in [0.4, 0.5) is 0 Å². The molecule has 2 rings (SSSR count). The van der Waals surface area contributed by atoms with Crippen LogP contribution in [0.3, 0.4) is 0 Å². The van der Waals surface area contributed by atoms with Crippen LogP contribution in [0.2, 0.25) is 0 Å². The zero-order chi connectivity index (χ0) is 12.3. The Hall–Kier alpha value is -0.870. The van der Waals surface area contributed by atoms with Gasteiger partial charge in [-0.05, 0) is 11.5 Å². The van der Waals surface area contributed by atoms with E-state index in [1.165, 1.54) is 0 Å². The van der Waals surface area contributed by atoms with Crippen molar-refractivity contribution >= 4 is 0 Å². The lowest BCUT2D eigenvalue weighted by Crippen LogP contribution is -2.56. The molecule has 1 atom stereocenters. The molecule has 1 N–H and O–H groups in total. The second-order valence-electron chi connectivity index (χ2n) is 5.94. The normalized spacial score (nSPS) is 22.9. The lowest BCUT2D eigenvalue weighted by atomic mass is 9.85. The molecule has 1 unspecified atom stereocenters. The Labute approximate surface area is 104 Å². The standard InChI is InChI=1S/C13H24N4/c1-13(2,3)12-11-16(8-6-14-12)9-10-17-7-4-5-15-17/h4-5,7,12,14H,6,8-11H2,1-3H3. The van der Waals surface area contributed by atoms with Gasteiger partial charge in [0.1, 0.15) is 0 Å². The number of hydrogen-bond donors (Lipinski definition) is 1. The lowest BCUT2D eigenvalue weighted by Gasteiger charge is -2.40. The molecule has 0 spiro atoms. The molecule has 1 aliphatic rings. The SMILES string of the molecule is CC(C)(C)C1CN(CCn2cccn2)CCN1. The van der Waals surface area contributed by atoms with Gasteiger partial charge in [0.15, 0.2) is 0 Å². The molecule has 0 radical (unpaired) electrons. The zero-order valence-electron chi connectivity index (χ0n) is 11.2. The highest BCUT2D eigenvalue weighted by molar-refractivity contribution is 4.87. The molecule has 2 heterocycles. The van der Waals surface area contributed by atoms with Crippen LogP contribution < -0.4 is 5.32 Å². The minimum Gasteiger partial charge on any atom is -0.311 e. The maximum absolute atomic E-state index is 4.24. The fraction of sp³-hybridized carbons (Fsp3) is 0.769. The average molecular weight is 236 g/mol. The van der Waals surface area contributed by atoms with Crippen LogP contribution in [0.15, 0.2) is 18.5 Å². The molecule has 4 heteroatoms. The number of rotatable bonds is 3. The first-order chi connectivity index (χ1) is 8.05. The predicted octanol–water partition coefficient (Wildman–Crippen LogP) is 1.20. The molecule has 4 nitrogen and oxygen atoms in total. The van der Waals surface area contributed by atoms with Crippen LogP contribution in [0.5, 0.6) is 0 Å². The number of hydrogen-bond acceptors (Lipinski definition) is 3. The maximum Gasteiger partial charge on any atom is 0.0536 e. The van der Waals surface area contributed by atoms with Crippen LogP contribution >= 0.6 is 0 Å². The highest BCUT2D eigenvalue weighted by atomic mass is 15.3. The summed E-state index contributed by atoms with van der Waals surface area (Å²) in [7, 11) is 0. The number of nitrogens with zero attached hydrogens (tertiary/aromatic N) is 3. The summed E-state index contributed by atoms with van der Waals surface area (Å²) in [6.07, 6.45) is 3.87. The minimum atomic E-state index is 0.338. The van der Waals surface area contributed by atoms with Gasteiger partial charge in [0.2, 0.25) is 0 Å². The van der Waals surface area contributed by atoms with E-state index < -0.39 is 0 Å². The molecule has 0 saturated carbocycles. The van der Waals surface area contributed by atoms with Gasteiger partial charge in [-0.1, -0.05) is 20.8 Å². The zero-order valence-corrected chi connectivity index (χ0v) is 11.2. The van der Waals surface area contributed by atoms with Crippen molar-refractivity contribution in [2.45, 2.75) is 33.4 Å². The van der Waals surface area contributed by atoms with Gasteiger partial charge in [-0.15, -0.1) is 0 Å². The van der Waals surface area contributed by atoms with Crippen molar-refractivity contribution in [3.8, 4) is 0 Å². The first-order valence-electron chi connectivity index (χ1n) is 6.49. The van der Waals surface area contributed by atoms with Gasteiger partial charge in [0, 0.05) is 44.6 Å². The molecule has 1 aromatic rings. The molecule has 0 amide bonds. The van der Waals surface area contributed by atoms with Crippen molar-refractivity contribution < 1.29 is 0 Å². The molecule has 1 aromatic heterocycles. The summed E-state index contributed by atoms with van der Waals surface area (Å²) in [6, 6.07) is 2.57. The summed E-state index contributed by atoms with van der Waals surface area (Å²) >= 11 is 0. The van der Waals surface area contributed by atoms with Crippen LogP contribution in [-0.4, -0.2) is 46.9 Å². The smallest absolute Gasteiger partial charge is 0.0536 e. The second-order valence-corrected chi connectivity index (χ2v) is 5.94.